The topological polar surface area (TPSA) is 119 Å². The zero-order valence-corrected chi connectivity index (χ0v) is 13.6. The Hall–Kier alpha value is -4.28. The van der Waals surface area contributed by atoms with Gasteiger partial charge in [-0.2, -0.15) is 15.8 Å². The van der Waals surface area contributed by atoms with Crippen LogP contribution in [0.5, 0.6) is 5.75 Å². The molecule has 0 spiro atoms. The van der Waals surface area contributed by atoms with Crippen LogP contribution in [0.1, 0.15) is 0 Å². The summed E-state index contributed by atoms with van der Waals surface area (Å²) in [4.78, 5) is 4.45. The Labute approximate surface area is 149 Å². The molecule has 0 unspecified atom stereocenters. The van der Waals surface area contributed by atoms with Crippen molar-refractivity contribution in [2.45, 2.75) is 0 Å². The van der Waals surface area contributed by atoms with Gasteiger partial charge in [-0.15, -0.1) is 0 Å². The highest BCUT2D eigenvalue weighted by molar-refractivity contribution is 5.81. The molecule has 124 valence electrons. The third-order valence-electron chi connectivity index (χ3n) is 3.56. The highest BCUT2D eigenvalue weighted by Gasteiger charge is 2.11. The van der Waals surface area contributed by atoms with Gasteiger partial charge in [0, 0.05) is 11.3 Å². The predicted molar refractivity (Wildman–Crippen MR) is 93.5 cm³/mol. The summed E-state index contributed by atoms with van der Waals surface area (Å²) in [5.74, 6) is 1.12. The van der Waals surface area contributed by atoms with Gasteiger partial charge in [-0.3, -0.25) is 0 Å². The smallest absolute Gasteiger partial charge is 0.227 e. The van der Waals surface area contributed by atoms with E-state index in [1.807, 2.05) is 30.3 Å². The maximum Gasteiger partial charge on any atom is 0.227 e. The summed E-state index contributed by atoms with van der Waals surface area (Å²) in [6, 6.07) is 17.6. The Balaban J connectivity index is 1.98. The molecule has 1 N–H and O–H groups in total. The zero-order valence-electron chi connectivity index (χ0n) is 13.6. The van der Waals surface area contributed by atoms with Gasteiger partial charge in [0.25, 0.3) is 0 Å². The first-order valence-electron chi connectivity index (χ1n) is 7.45. The van der Waals surface area contributed by atoms with E-state index in [0.717, 1.165) is 5.56 Å². The van der Waals surface area contributed by atoms with Crippen molar-refractivity contribution in [1.82, 2.24) is 4.98 Å². The van der Waals surface area contributed by atoms with Crippen molar-refractivity contribution in [3.8, 4) is 35.4 Å². The number of nitrogens with zero attached hydrogens (tertiary/aromatic N) is 4. The molecular formula is C19H11N5O2. The highest BCUT2D eigenvalue weighted by atomic mass is 16.5. The molecule has 3 aromatic rings. The Kier molecular flexibility index (Phi) is 4.52. The molecule has 1 aromatic heterocycles. The van der Waals surface area contributed by atoms with Gasteiger partial charge < -0.3 is 14.5 Å². The van der Waals surface area contributed by atoms with Crippen molar-refractivity contribution in [3.05, 3.63) is 53.7 Å². The monoisotopic (exact) mass is 341 g/mol. The number of fused-ring (bicyclic) bond motifs is 1. The SMILES string of the molecule is COc1cccc(-c2nc3cc(NC(C#N)=C(C#N)C#N)ccc3o2)c1. The number of ether oxygens (including phenoxy) is 1. The van der Waals surface area contributed by atoms with E-state index in [1.54, 1.807) is 37.4 Å². The molecule has 7 heteroatoms. The molecule has 0 amide bonds. The third-order valence-corrected chi connectivity index (χ3v) is 3.56. The number of rotatable bonds is 4. The molecule has 1 heterocycles. The fourth-order valence-corrected chi connectivity index (χ4v) is 2.31. The van der Waals surface area contributed by atoms with Crippen molar-refractivity contribution in [2.24, 2.45) is 0 Å². The van der Waals surface area contributed by atoms with E-state index in [0.29, 0.717) is 28.4 Å². The number of oxazole rings is 1. The normalized spacial score (nSPS) is 9.62. The van der Waals surface area contributed by atoms with Crippen LogP contribution in [0, 0.1) is 34.0 Å². The lowest BCUT2D eigenvalue weighted by Gasteiger charge is -2.03. The first-order chi connectivity index (χ1) is 12.7. The third kappa shape index (κ3) is 3.17. The molecule has 3 rings (SSSR count). The lowest BCUT2D eigenvalue weighted by molar-refractivity contribution is 0.415. The number of hydrogen-bond donors (Lipinski definition) is 1. The largest absolute Gasteiger partial charge is 0.497 e. The van der Waals surface area contributed by atoms with E-state index < -0.39 is 0 Å². The van der Waals surface area contributed by atoms with E-state index in [2.05, 4.69) is 10.3 Å². The molecule has 7 nitrogen and oxygen atoms in total. The minimum Gasteiger partial charge on any atom is -0.497 e. The molecule has 0 bridgehead atoms. The van der Waals surface area contributed by atoms with Gasteiger partial charge in [0.05, 0.1) is 7.11 Å². The molecule has 0 fully saturated rings. The van der Waals surface area contributed by atoms with Crippen LogP contribution in [-0.2, 0) is 0 Å². The van der Waals surface area contributed by atoms with Crippen LogP contribution in [-0.4, -0.2) is 12.1 Å². The van der Waals surface area contributed by atoms with Crippen molar-refractivity contribution < 1.29 is 9.15 Å². The number of methoxy groups -OCH3 is 1. The van der Waals surface area contributed by atoms with Crippen LogP contribution in [0.15, 0.2) is 58.2 Å². The number of aromatic nitrogens is 1. The van der Waals surface area contributed by atoms with E-state index in [9.17, 15) is 0 Å². The molecule has 0 aliphatic rings. The predicted octanol–water partition coefficient (Wildman–Crippen LogP) is 3.74. The number of allylic oxidation sites excluding steroid dienone is 2. The first kappa shape index (κ1) is 16.6. The number of anilines is 1. The van der Waals surface area contributed by atoms with Crippen LogP contribution in [0.2, 0.25) is 0 Å². The van der Waals surface area contributed by atoms with Gasteiger partial charge in [0.1, 0.15) is 35.2 Å². The summed E-state index contributed by atoms with van der Waals surface area (Å²) in [5.41, 5.74) is 2.01. The van der Waals surface area contributed by atoms with Crippen LogP contribution in [0.3, 0.4) is 0 Å². The van der Waals surface area contributed by atoms with Crippen molar-refractivity contribution in [1.29, 1.82) is 15.8 Å². The Morgan fingerprint density at radius 1 is 1.08 bits per heavy atom. The summed E-state index contributed by atoms with van der Waals surface area (Å²) in [7, 11) is 1.58. The number of benzene rings is 2. The standard InChI is InChI=1S/C19H11N5O2/c1-25-15-4-2-3-12(7-15)19-24-16-8-14(5-6-18(16)26-19)23-17(11-22)13(9-20)10-21/h2-8,23H,1H3. The second-order valence-electron chi connectivity index (χ2n) is 5.14. The highest BCUT2D eigenvalue weighted by Crippen LogP contribution is 2.28. The summed E-state index contributed by atoms with van der Waals surface area (Å²) in [5, 5.41) is 29.7. The maximum atomic E-state index is 9.12. The molecular weight excluding hydrogens is 330 g/mol. The van der Waals surface area contributed by atoms with Crippen LogP contribution < -0.4 is 10.1 Å². The fraction of sp³-hybridized carbons (Fsp3) is 0.0526. The van der Waals surface area contributed by atoms with Gasteiger partial charge >= 0.3 is 0 Å². The molecule has 26 heavy (non-hydrogen) atoms. The van der Waals surface area contributed by atoms with E-state index in [4.69, 9.17) is 24.9 Å². The van der Waals surface area contributed by atoms with E-state index >= 15 is 0 Å². The number of nitriles is 3. The van der Waals surface area contributed by atoms with Gasteiger partial charge in [-0.25, -0.2) is 4.98 Å². The molecule has 0 radical (unpaired) electrons. The molecule has 0 saturated heterocycles. The maximum absolute atomic E-state index is 9.12. The Morgan fingerprint density at radius 2 is 1.88 bits per heavy atom. The van der Waals surface area contributed by atoms with E-state index in [-0.39, 0.29) is 11.3 Å². The second-order valence-corrected chi connectivity index (χ2v) is 5.14. The lowest BCUT2D eigenvalue weighted by Crippen LogP contribution is -2.00. The van der Waals surface area contributed by atoms with Crippen molar-refractivity contribution >= 4 is 16.8 Å². The molecule has 0 aliphatic heterocycles. The second kappa shape index (κ2) is 7.09. The summed E-state index contributed by atoms with van der Waals surface area (Å²) in [6.45, 7) is 0. The van der Waals surface area contributed by atoms with Crippen LogP contribution >= 0.6 is 0 Å². The van der Waals surface area contributed by atoms with Crippen LogP contribution in [0.4, 0.5) is 5.69 Å². The Morgan fingerprint density at radius 3 is 2.58 bits per heavy atom. The van der Waals surface area contributed by atoms with Gasteiger partial charge in [0.15, 0.2) is 11.2 Å². The van der Waals surface area contributed by atoms with Crippen molar-refractivity contribution in [3.63, 3.8) is 0 Å². The molecule has 0 aliphatic carbocycles. The van der Waals surface area contributed by atoms with Gasteiger partial charge in [0.2, 0.25) is 5.89 Å². The van der Waals surface area contributed by atoms with Crippen LogP contribution in [0.25, 0.3) is 22.6 Å². The van der Waals surface area contributed by atoms with Crippen molar-refractivity contribution in [2.75, 3.05) is 12.4 Å². The Bertz CT molecular complexity index is 1120. The fourth-order valence-electron chi connectivity index (χ4n) is 2.31. The molecule has 0 atom stereocenters. The quantitative estimate of drug-likeness (QED) is 0.718. The van der Waals surface area contributed by atoms with E-state index in [1.165, 1.54) is 0 Å². The minimum absolute atomic E-state index is 0.120. The summed E-state index contributed by atoms with van der Waals surface area (Å²) in [6.07, 6.45) is 0. The van der Waals surface area contributed by atoms with Gasteiger partial charge in [-0.1, -0.05) is 6.07 Å². The van der Waals surface area contributed by atoms with Gasteiger partial charge in [-0.05, 0) is 36.4 Å². The molecule has 0 saturated carbocycles. The first-order valence-corrected chi connectivity index (χ1v) is 7.45. The summed E-state index contributed by atoms with van der Waals surface area (Å²) >= 11 is 0. The lowest BCUT2D eigenvalue weighted by atomic mass is 10.2. The minimum atomic E-state index is -0.287. The molecule has 2 aromatic carbocycles. The average molecular weight is 341 g/mol. The zero-order chi connectivity index (χ0) is 18.5. The summed E-state index contributed by atoms with van der Waals surface area (Å²) < 4.78 is 11.0. The number of hydrogen-bond acceptors (Lipinski definition) is 7. The number of nitrogens with one attached hydrogen (secondary N) is 1. The average Bonchev–Trinajstić information content (AvgIpc) is 3.11.